The van der Waals surface area contributed by atoms with Crippen molar-refractivity contribution >= 4 is 23.2 Å². The maximum Gasteiger partial charge on any atom is 0.573 e. The Morgan fingerprint density at radius 2 is 1.66 bits per heavy atom. The van der Waals surface area contributed by atoms with E-state index in [4.69, 9.17) is 4.74 Å². The molecule has 1 N–H and O–H groups in total. The standard InChI is InChI=1S/C26H20F3NO5/c1-16-2-4-17(5-3-16)13-30-22-11-8-19(18-6-9-20(10-7-18)35-26(27,28)29)12-21(22)25(23(30)14-31)34-24(33)15-32/h2-12,15,31H,13-14H2,1H3. The molecule has 3 aromatic carbocycles. The molecule has 0 aliphatic rings. The Morgan fingerprint density at radius 1 is 1.00 bits per heavy atom. The maximum absolute atomic E-state index is 12.5. The first-order chi connectivity index (χ1) is 16.7. The van der Waals surface area contributed by atoms with Crippen molar-refractivity contribution in [3.63, 3.8) is 0 Å². The molecule has 0 radical (unpaired) electrons. The number of ether oxygens (including phenoxy) is 2. The second kappa shape index (κ2) is 9.63. The topological polar surface area (TPSA) is 77.8 Å². The number of aliphatic hydroxyl groups is 1. The van der Waals surface area contributed by atoms with Crippen molar-refractivity contribution in [2.24, 2.45) is 0 Å². The van der Waals surface area contributed by atoms with E-state index in [1.54, 1.807) is 22.8 Å². The Morgan fingerprint density at radius 3 is 2.26 bits per heavy atom. The molecular formula is C26H20F3NO5. The molecule has 0 aliphatic carbocycles. The summed E-state index contributed by atoms with van der Waals surface area (Å²) in [4.78, 5) is 22.8. The summed E-state index contributed by atoms with van der Waals surface area (Å²) in [6.07, 6.45) is -4.76. The number of aryl methyl sites for hydroxylation is 1. The lowest BCUT2D eigenvalue weighted by Crippen LogP contribution is -2.16. The van der Waals surface area contributed by atoms with E-state index in [0.29, 0.717) is 34.3 Å². The van der Waals surface area contributed by atoms with Crippen molar-refractivity contribution in [2.75, 3.05) is 0 Å². The molecule has 1 heterocycles. The lowest BCUT2D eigenvalue weighted by Gasteiger charge is -2.11. The van der Waals surface area contributed by atoms with E-state index in [-0.39, 0.29) is 17.8 Å². The number of aldehydes is 1. The van der Waals surface area contributed by atoms with Gasteiger partial charge < -0.3 is 19.1 Å². The van der Waals surface area contributed by atoms with Crippen LogP contribution in [0.1, 0.15) is 16.8 Å². The highest BCUT2D eigenvalue weighted by Crippen LogP contribution is 2.37. The van der Waals surface area contributed by atoms with E-state index in [1.807, 2.05) is 31.2 Å². The SMILES string of the molecule is Cc1ccc(Cn2c(CO)c(OC(=O)C=O)c3cc(-c4ccc(OC(F)(F)F)cc4)ccc32)cc1. The van der Waals surface area contributed by atoms with Crippen molar-refractivity contribution < 1.29 is 37.3 Å². The Bertz CT molecular complexity index is 1370. The summed E-state index contributed by atoms with van der Waals surface area (Å²) >= 11 is 0. The fourth-order valence-corrected chi connectivity index (χ4v) is 3.86. The van der Waals surface area contributed by atoms with E-state index in [0.717, 1.165) is 11.1 Å². The quantitative estimate of drug-likeness (QED) is 0.223. The van der Waals surface area contributed by atoms with Crippen LogP contribution in [-0.2, 0) is 22.7 Å². The summed E-state index contributed by atoms with van der Waals surface area (Å²) in [5.41, 5.74) is 4.19. The molecule has 0 fully saturated rings. The zero-order valence-corrected chi connectivity index (χ0v) is 18.5. The van der Waals surface area contributed by atoms with Crippen LogP contribution in [0.2, 0.25) is 0 Å². The van der Waals surface area contributed by atoms with Crippen LogP contribution in [0.5, 0.6) is 11.5 Å². The first-order valence-electron chi connectivity index (χ1n) is 10.5. The third kappa shape index (κ3) is 5.36. The minimum atomic E-state index is -4.79. The van der Waals surface area contributed by atoms with Crippen LogP contribution in [0, 0.1) is 6.92 Å². The largest absolute Gasteiger partial charge is 0.573 e. The predicted molar refractivity (Wildman–Crippen MR) is 122 cm³/mol. The first kappa shape index (κ1) is 24.0. The maximum atomic E-state index is 12.5. The number of esters is 1. The number of carbonyl (C=O) groups is 2. The van der Waals surface area contributed by atoms with Crippen molar-refractivity contribution in [1.82, 2.24) is 4.57 Å². The van der Waals surface area contributed by atoms with Crippen LogP contribution in [0.3, 0.4) is 0 Å². The molecule has 1 aromatic heterocycles. The molecule has 0 aliphatic heterocycles. The molecule has 0 unspecified atom stereocenters. The Kier molecular flexibility index (Phi) is 6.61. The highest BCUT2D eigenvalue weighted by molar-refractivity contribution is 6.21. The summed E-state index contributed by atoms with van der Waals surface area (Å²) in [5.74, 6) is -1.42. The second-order valence-electron chi connectivity index (χ2n) is 7.85. The molecule has 0 saturated carbocycles. The number of aromatic nitrogens is 1. The number of nitrogens with zero attached hydrogens (tertiary/aromatic N) is 1. The summed E-state index contributed by atoms with van der Waals surface area (Å²) < 4.78 is 48.3. The number of hydrogen-bond donors (Lipinski definition) is 1. The van der Waals surface area contributed by atoms with Gasteiger partial charge >= 0.3 is 12.3 Å². The molecule has 0 saturated heterocycles. The Labute approximate surface area is 198 Å². The summed E-state index contributed by atoms with van der Waals surface area (Å²) in [7, 11) is 0. The van der Waals surface area contributed by atoms with Gasteiger partial charge in [0, 0.05) is 11.9 Å². The monoisotopic (exact) mass is 483 g/mol. The van der Waals surface area contributed by atoms with E-state index in [1.165, 1.54) is 24.3 Å². The van der Waals surface area contributed by atoms with Gasteiger partial charge in [0.1, 0.15) is 5.75 Å². The van der Waals surface area contributed by atoms with Crippen LogP contribution >= 0.6 is 0 Å². The minimum Gasteiger partial charge on any atom is -0.418 e. The molecule has 0 amide bonds. The fourth-order valence-electron chi connectivity index (χ4n) is 3.86. The molecule has 6 nitrogen and oxygen atoms in total. The molecule has 0 atom stereocenters. The molecule has 180 valence electrons. The molecule has 35 heavy (non-hydrogen) atoms. The number of rotatable bonds is 7. The van der Waals surface area contributed by atoms with Crippen LogP contribution in [0.25, 0.3) is 22.0 Å². The smallest absolute Gasteiger partial charge is 0.418 e. The number of carbonyl (C=O) groups excluding carboxylic acids is 2. The van der Waals surface area contributed by atoms with Gasteiger partial charge in [0.25, 0.3) is 0 Å². The van der Waals surface area contributed by atoms with Gasteiger partial charge in [0.15, 0.2) is 5.75 Å². The van der Waals surface area contributed by atoms with Crippen molar-refractivity contribution in [3.05, 3.63) is 83.6 Å². The number of aliphatic hydroxyl groups excluding tert-OH is 1. The normalized spacial score (nSPS) is 11.5. The van der Waals surface area contributed by atoms with Gasteiger partial charge in [0.2, 0.25) is 6.29 Å². The average molecular weight is 483 g/mol. The Balaban J connectivity index is 1.80. The molecule has 4 aromatic rings. The molecule has 0 bridgehead atoms. The summed E-state index contributed by atoms with van der Waals surface area (Å²) in [5, 5.41) is 10.6. The van der Waals surface area contributed by atoms with Gasteiger partial charge in [-0.1, -0.05) is 48.0 Å². The lowest BCUT2D eigenvalue weighted by molar-refractivity contribution is -0.274. The van der Waals surface area contributed by atoms with Crippen LogP contribution in [-0.4, -0.2) is 28.3 Å². The van der Waals surface area contributed by atoms with Crippen LogP contribution < -0.4 is 9.47 Å². The van der Waals surface area contributed by atoms with Crippen LogP contribution in [0.4, 0.5) is 13.2 Å². The Hall–Kier alpha value is -4.11. The molecular weight excluding hydrogens is 463 g/mol. The molecule has 4 rings (SSSR count). The third-order valence-electron chi connectivity index (χ3n) is 5.45. The summed E-state index contributed by atoms with van der Waals surface area (Å²) in [6, 6.07) is 18.3. The zero-order chi connectivity index (χ0) is 25.2. The highest BCUT2D eigenvalue weighted by Gasteiger charge is 2.31. The molecule has 0 spiro atoms. The molecule has 9 heteroatoms. The average Bonchev–Trinajstić information content (AvgIpc) is 3.11. The summed E-state index contributed by atoms with van der Waals surface area (Å²) in [6.45, 7) is 1.88. The van der Waals surface area contributed by atoms with Gasteiger partial charge in [-0.3, -0.25) is 4.79 Å². The van der Waals surface area contributed by atoms with Crippen LogP contribution in [0.15, 0.2) is 66.7 Å². The van der Waals surface area contributed by atoms with Gasteiger partial charge in [-0.25, -0.2) is 4.79 Å². The van der Waals surface area contributed by atoms with Crippen molar-refractivity contribution in [1.29, 1.82) is 0 Å². The van der Waals surface area contributed by atoms with E-state index in [9.17, 15) is 27.9 Å². The van der Waals surface area contributed by atoms with E-state index < -0.39 is 18.9 Å². The third-order valence-corrected chi connectivity index (χ3v) is 5.45. The van der Waals surface area contributed by atoms with Crippen molar-refractivity contribution in [3.8, 4) is 22.6 Å². The van der Waals surface area contributed by atoms with Gasteiger partial charge in [-0.2, -0.15) is 0 Å². The number of fused-ring (bicyclic) bond motifs is 1. The van der Waals surface area contributed by atoms with E-state index in [2.05, 4.69) is 4.74 Å². The number of hydrogen-bond acceptors (Lipinski definition) is 5. The van der Waals surface area contributed by atoms with Gasteiger partial charge in [-0.15, -0.1) is 13.2 Å². The second-order valence-corrected chi connectivity index (χ2v) is 7.85. The number of benzene rings is 3. The number of halogens is 3. The highest BCUT2D eigenvalue weighted by atomic mass is 19.4. The lowest BCUT2D eigenvalue weighted by atomic mass is 10.0. The van der Waals surface area contributed by atoms with Gasteiger partial charge in [-0.05, 0) is 47.9 Å². The minimum absolute atomic E-state index is 0.0352. The fraction of sp³-hybridized carbons (Fsp3) is 0.154. The first-order valence-corrected chi connectivity index (χ1v) is 10.5. The predicted octanol–water partition coefficient (Wildman–Crippen LogP) is 5.16. The van der Waals surface area contributed by atoms with Gasteiger partial charge in [0.05, 0.1) is 17.8 Å². The zero-order valence-electron chi connectivity index (χ0n) is 18.5. The number of alkyl halides is 3. The van der Waals surface area contributed by atoms with Crippen molar-refractivity contribution in [2.45, 2.75) is 26.4 Å². The van der Waals surface area contributed by atoms with E-state index >= 15 is 0 Å².